The van der Waals surface area contributed by atoms with Gasteiger partial charge >= 0.3 is 0 Å². The fourth-order valence-electron chi connectivity index (χ4n) is 2.75. The average Bonchev–Trinajstić information content (AvgIpc) is 3.26. The molecule has 25 heavy (non-hydrogen) atoms. The first-order valence-corrected chi connectivity index (χ1v) is 9.07. The summed E-state index contributed by atoms with van der Waals surface area (Å²) in [6, 6.07) is 15.8. The molecule has 0 aliphatic rings. The van der Waals surface area contributed by atoms with Gasteiger partial charge in [0.2, 0.25) is 5.91 Å². The van der Waals surface area contributed by atoms with Crippen molar-refractivity contribution < 1.29 is 9.53 Å². The van der Waals surface area contributed by atoms with E-state index in [9.17, 15) is 4.79 Å². The molecule has 0 saturated heterocycles. The highest BCUT2D eigenvalue weighted by molar-refractivity contribution is 7.09. The van der Waals surface area contributed by atoms with E-state index in [0.717, 1.165) is 17.0 Å². The number of aryl methyl sites for hydroxylation is 1. The number of rotatable bonds is 7. The lowest BCUT2D eigenvalue weighted by Crippen LogP contribution is -2.31. The van der Waals surface area contributed by atoms with Crippen molar-refractivity contribution in [2.45, 2.75) is 19.5 Å². The van der Waals surface area contributed by atoms with E-state index in [0.29, 0.717) is 19.5 Å². The highest BCUT2D eigenvalue weighted by Crippen LogP contribution is 2.18. The van der Waals surface area contributed by atoms with Crippen molar-refractivity contribution in [1.82, 2.24) is 9.47 Å². The molecule has 0 N–H and O–H groups in total. The van der Waals surface area contributed by atoms with Gasteiger partial charge in [0.15, 0.2) is 0 Å². The van der Waals surface area contributed by atoms with Crippen LogP contribution < -0.4 is 4.74 Å². The van der Waals surface area contributed by atoms with Gasteiger partial charge in [0.1, 0.15) is 5.75 Å². The lowest BCUT2D eigenvalue weighted by atomic mass is 10.1. The zero-order valence-corrected chi connectivity index (χ0v) is 15.3. The van der Waals surface area contributed by atoms with Gasteiger partial charge in [-0.2, -0.15) is 0 Å². The van der Waals surface area contributed by atoms with Gasteiger partial charge in [-0.05, 0) is 41.3 Å². The number of benzene rings is 1. The Hall–Kier alpha value is -2.53. The Morgan fingerprint density at radius 1 is 1.16 bits per heavy atom. The zero-order chi connectivity index (χ0) is 17.6. The molecule has 130 valence electrons. The lowest BCUT2D eigenvalue weighted by molar-refractivity contribution is -0.131. The number of ether oxygens (including phenoxy) is 1. The molecule has 1 amide bonds. The number of nitrogens with zero attached hydrogens (tertiary/aromatic N) is 2. The summed E-state index contributed by atoms with van der Waals surface area (Å²) in [5, 5.41) is 2.04. The van der Waals surface area contributed by atoms with Gasteiger partial charge in [-0.1, -0.05) is 18.2 Å². The Bertz CT molecular complexity index is 824. The van der Waals surface area contributed by atoms with Gasteiger partial charge < -0.3 is 14.2 Å². The number of hydrogen-bond donors (Lipinski definition) is 0. The maximum atomic E-state index is 13.0. The quantitative estimate of drug-likeness (QED) is 0.645. The summed E-state index contributed by atoms with van der Waals surface area (Å²) >= 11 is 1.68. The Morgan fingerprint density at radius 3 is 2.72 bits per heavy atom. The van der Waals surface area contributed by atoms with Crippen molar-refractivity contribution >= 4 is 17.2 Å². The molecule has 0 atom stereocenters. The molecule has 3 aromatic rings. The lowest BCUT2D eigenvalue weighted by Gasteiger charge is -2.23. The molecule has 5 heteroatoms. The van der Waals surface area contributed by atoms with Crippen LogP contribution >= 0.6 is 11.3 Å². The monoisotopic (exact) mass is 354 g/mol. The van der Waals surface area contributed by atoms with E-state index in [2.05, 4.69) is 16.7 Å². The summed E-state index contributed by atoms with van der Waals surface area (Å²) in [6.45, 7) is 1.23. The van der Waals surface area contributed by atoms with Gasteiger partial charge in [0.25, 0.3) is 0 Å². The summed E-state index contributed by atoms with van der Waals surface area (Å²) in [4.78, 5) is 16.1. The van der Waals surface area contributed by atoms with Gasteiger partial charge in [0, 0.05) is 23.8 Å². The summed E-state index contributed by atoms with van der Waals surface area (Å²) < 4.78 is 7.31. The first-order valence-electron chi connectivity index (χ1n) is 8.19. The number of hydrogen-bond acceptors (Lipinski definition) is 3. The Kier molecular flexibility index (Phi) is 5.56. The highest BCUT2D eigenvalue weighted by atomic mass is 32.1. The second-order valence-corrected chi connectivity index (χ2v) is 7.00. The van der Waals surface area contributed by atoms with E-state index in [1.165, 1.54) is 4.88 Å². The smallest absolute Gasteiger partial charge is 0.227 e. The number of methoxy groups -OCH3 is 1. The standard InChI is InChI=1S/C20H22N2O2S/c1-21-10-4-7-17(21)14-22(15-19-9-5-11-25-19)20(23)13-16-6-3-8-18(12-16)24-2/h3-12H,13-15H2,1-2H3. The van der Waals surface area contributed by atoms with Crippen LogP contribution in [0.5, 0.6) is 5.75 Å². The van der Waals surface area contributed by atoms with Crippen LogP contribution in [0.15, 0.2) is 60.1 Å². The Labute approximate surface area is 152 Å². The van der Waals surface area contributed by atoms with Crippen LogP contribution in [0.25, 0.3) is 0 Å². The number of amides is 1. The van der Waals surface area contributed by atoms with E-state index >= 15 is 0 Å². The van der Waals surface area contributed by atoms with E-state index in [-0.39, 0.29) is 5.91 Å². The maximum Gasteiger partial charge on any atom is 0.227 e. The predicted molar refractivity (Wildman–Crippen MR) is 101 cm³/mol. The van der Waals surface area contributed by atoms with Crippen LogP contribution in [0.1, 0.15) is 16.1 Å². The Balaban J connectivity index is 1.77. The van der Waals surface area contributed by atoms with Crippen LogP contribution in [0.3, 0.4) is 0 Å². The molecule has 2 aromatic heterocycles. The normalized spacial score (nSPS) is 10.6. The topological polar surface area (TPSA) is 34.5 Å². The van der Waals surface area contributed by atoms with Gasteiger partial charge in [0.05, 0.1) is 26.6 Å². The molecule has 0 saturated carbocycles. The minimum atomic E-state index is 0.114. The number of carbonyl (C=O) groups is 1. The number of thiophene rings is 1. The van der Waals surface area contributed by atoms with Crippen LogP contribution in [0, 0.1) is 0 Å². The molecule has 3 rings (SSSR count). The maximum absolute atomic E-state index is 13.0. The molecule has 0 unspecified atom stereocenters. The van der Waals surface area contributed by atoms with Crippen molar-refractivity contribution in [3.63, 3.8) is 0 Å². The third kappa shape index (κ3) is 4.51. The third-order valence-corrected chi connectivity index (χ3v) is 5.03. The molecule has 0 spiro atoms. The molecular weight excluding hydrogens is 332 g/mol. The summed E-state index contributed by atoms with van der Waals surface area (Å²) in [6.07, 6.45) is 2.37. The molecule has 1 aromatic carbocycles. The number of aromatic nitrogens is 1. The number of carbonyl (C=O) groups excluding carboxylic acids is 1. The molecular formula is C20H22N2O2S. The van der Waals surface area contributed by atoms with E-state index in [1.54, 1.807) is 18.4 Å². The molecule has 0 fully saturated rings. The third-order valence-electron chi connectivity index (χ3n) is 4.17. The van der Waals surface area contributed by atoms with Gasteiger partial charge in [-0.25, -0.2) is 0 Å². The SMILES string of the molecule is COc1cccc(CC(=O)N(Cc2cccs2)Cc2cccn2C)c1. The van der Waals surface area contributed by atoms with E-state index in [4.69, 9.17) is 4.74 Å². The average molecular weight is 354 g/mol. The minimum absolute atomic E-state index is 0.114. The molecule has 4 nitrogen and oxygen atoms in total. The zero-order valence-electron chi connectivity index (χ0n) is 14.5. The molecule has 0 aliphatic heterocycles. The van der Waals surface area contributed by atoms with Crippen molar-refractivity contribution in [2.24, 2.45) is 7.05 Å². The van der Waals surface area contributed by atoms with Crippen molar-refractivity contribution in [1.29, 1.82) is 0 Å². The second kappa shape index (κ2) is 8.03. The van der Waals surface area contributed by atoms with E-state index < -0.39 is 0 Å². The van der Waals surface area contributed by atoms with Crippen LogP contribution in [-0.2, 0) is 31.4 Å². The largest absolute Gasteiger partial charge is 0.497 e. The van der Waals surface area contributed by atoms with E-state index in [1.807, 2.05) is 59.9 Å². The molecule has 0 bridgehead atoms. The summed E-state index contributed by atoms with van der Waals surface area (Å²) in [5.41, 5.74) is 2.09. The fraction of sp³-hybridized carbons (Fsp3) is 0.250. The second-order valence-electron chi connectivity index (χ2n) is 5.97. The predicted octanol–water partition coefficient (Wildman–Crippen LogP) is 3.87. The van der Waals surface area contributed by atoms with Crippen molar-refractivity contribution in [2.75, 3.05) is 7.11 Å². The summed E-state index contributed by atoms with van der Waals surface area (Å²) in [5.74, 6) is 0.889. The van der Waals surface area contributed by atoms with Crippen LogP contribution in [0.2, 0.25) is 0 Å². The van der Waals surface area contributed by atoms with Gasteiger partial charge in [-0.15, -0.1) is 11.3 Å². The minimum Gasteiger partial charge on any atom is -0.497 e. The molecule has 0 radical (unpaired) electrons. The first-order chi connectivity index (χ1) is 12.2. The highest BCUT2D eigenvalue weighted by Gasteiger charge is 2.17. The fourth-order valence-corrected chi connectivity index (χ4v) is 3.47. The first kappa shape index (κ1) is 17.3. The summed E-state index contributed by atoms with van der Waals surface area (Å²) in [7, 11) is 3.64. The van der Waals surface area contributed by atoms with Crippen LogP contribution in [0.4, 0.5) is 0 Å². The van der Waals surface area contributed by atoms with Crippen molar-refractivity contribution in [3.05, 3.63) is 76.2 Å². The van der Waals surface area contributed by atoms with Crippen LogP contribution in [-0.4, -0.2) is 22.5 Å². The van der Waals surface area contributed by atoms with Gasteiger partial charge in [-0.3, -0.25) is 4.79 Å². The Morgan fingerprint density at radius 2 is 2.04 bits per heavy atom. The molecule has 0 aliphatic carbocycles. The molecule has 2 heterocycles. The van der Waals surface area contributed by atoms with Crippen molar-refractivity contribution in [3.8, 4) is 5.75 Å².